The molecular weight excluding hydrogens is 284 g/mol. The van der Waals surface area contributed by atoms with Crippen molar-refractivity contribution in [3.05, 3.63) is 0 Å². The Kier molecular flexibility index (Phi) is 12.9. The van der Waals surface area contributed by atoms with Crippen molar-refractivity contribution in [3.8, 4) is 0 Å². The van der Waals surface area contributed by atoms with Crippen LogP contribution in [0.25, 0.3) is 0 Å². The van der Waals surface area contributed by atoms with Gasteiger partial charge in [0.05, 0.1) is 32.2 Å². The van der Waals surface area contributed by atoms with Gasteiger partial charge in [-0.05, 0) is 19.3 Å². The maximum atomic E-state index is 11.6. The van der Waals surface area contributed by atoms with Crippen LogP contribution < -0.4 is 0 Å². The zero-order valence-corrected chi connectivity index (χ0v) is 14.6. The monoisotopic (exact) mass is 316 g/mol. The molecule has 0 saturated carbocycles. The van der Waals surface area contributed by atoms with Gasteiger partial charge in [-0.3, -0.25) is 9.59 Å². The van der Waals surface area contributed by atoms with Gasteiger partial charge in [-0.2, -0.15) is 0 Å². The van der Waals surface area contributed by atoms with Crippen molar-refractivity contribution in [2.45, 2.75) is 71.8 Å². The number of carbonyl (C=O) groups excluding carboxylic acids is 2. The summed E-state index contributed by atoms with van der Waals surface area (Å²) in [5, 5.41) is 0. The van der Waals surface area contributed by atoms with Gasteiger partial charge in [0.2, 0.25) is 0 Å². The molecule has 0 aromatic rings. The van der Waals surface area contributed by atoms with Crippen LogP contribution in [0.3, 0.4) is 0 Å². The third kappa shape index (κ3) is 11.5. The molecular formula is C17H32O5. The first-order valence-electron chi connectivity index (χ1n) is 8.37. The molecule has 0 aromatic carbocycles. The van der Waals surface area contributed by atoms with Gasteiger partial charge in [0.25, 0.3) is 0 Å². The van der Waals surface area contributed by atoms with Crippen LogP contribution in [0, 0.1) is 5.92 Å². The summed E-state index contributed by atoms with van der Waals surface area (Å²) in [4.78, 5) is 23.1. The second-order valence-corrected chi connectivity index (χ2v) is 5.65. The molecule has 5 nitrogen and oxygen atoms in total. The Morgan fingerprint density at radius 2 is 1.64 bits per heavy atom. The van der Waals surface area contributed by atoms with Crippen molar-refractivity contribution in [2.75, 3.05) is 20.3 Å². The number of hydrogen-bond donors (Lipinski definition) is 0. The lowest BCUT2D eigenvalue weighted by Gasteiger charge is -2.14. The second kappa shape index (κ2) is 13.6. The Balaban J connectivity index is 3.72. The van der Waals surface area contributed by atoms with E-state index in [2.05, 4.69) is 13.8 Å². The number of esters is 2. The predicted octanol–water partition coefficient (Wildman–Crippen LogP) is 3.49. The van der Waals surface area contributed by atoms with Crippen molar-refractivity contribution in [1.29, 1.82) is 0 Å². The fourth-order valence-electron chi connectivity index (χ4n) is 1.91. The summed E-state index contributed by atoms with van der Waals surface area (Å²) in [7, 11) is 1.62. The van der Waals surface area contributed by atoms with E-state index >= 15 is 0 Å². The molecule has 0 fully saturated rings. The van der Waals surface area contributed by atoms with Crippen LogP contribution in [0.5, 0.6) is 0 Å². The maximum absolute atomic E-state index is 11.6. The molecule has 0 N–H and O–H groups in total. The molecule has 0 heterocycles. The summed E-state index contributed by atoms with van der Waals surface area (Å²) in [5.74, 6) is -0.262. The van der Waals surface area contributed by atoms with Gasteiger partial charge >= 0.3 is 11.9 Å². The van der Waals surface area contributed by atoms with E-state index in [1.807, 2.05) is 6.92 Å². The van der Waals surface area contributed by atoms with Crippen LogP contribution in [-0.2, 0) is 23.8 Å². The second-order valence-electron chi connectivity index (χ2n) is 5.65. The van der Waals surface area contributed by atoms with Gasteiger partial charge in [0.1, 0.15) is 0 Å². The minimum atomic E-state index is -0.363. The number of carbonyl (C=O) groups is 2. The third-order valence-electron chi connectivity index (χ3n) is 3.75. The Hall–Kier alpha value is -1.10. The first-order valence-corrected chi connectivity index (χ1v) is 8.37. The summed E-state index contributed by atoms with van der Waals surface area (Å²) in [6.07, 6.45) is 5.27. The SMILES string of the molecule is CCCCC(CC)COC(=O)CCC(=O)OCCC(C)OC. The summed E-state index contributed by atoms with van der Waals surface area (Å²) in [6.45, 7) is 6.94. The van der Waals surface area contributed by atoms with E-state index in [1.54, 1.807) is 7.11 Å². The lowest BCUT2D eigenvalue weighted by molar-refractivity contribution is -0.151. The molecule has 0 aliphatic rings. The number of unbranched alkanes of at least 4 members (excludes halogenated alkanes) is 1. The number of methoxy groups -OCH3 is 1. The first kappa shape index (κ1) is 20.9. The molecule has 0 aromatic heterocycles. The van der Waals surface area contributed by atoms with E-state index in [1.165, 1.54) is 0 Å². The molecule has 0 bridgehead atoms. The van der Waals surface area contributed by atoms with Crippen LogP contribution in [0.2, 0.25) is 0 Å². The fourth-order valence-corrected chi connectivity index (χ4v) is 1.91. The number of rotatable bonds is 13. The van der Waals surface area contributed by atoms with Gasteiger partial charge in [-0.15, -0.1) is 0 Å². The van der Waals surface area contributed by atoms with Crippen LogP contribution in [0.4, 0.5) is 0 Å². The Morgan fingerprint density at radius 3 is 2.18 bits per heavy atom. The highest BCUT2D eigenvalue weighted by Gasteiger charge is 2.12. The van der Waals surface area contributed by atoms with E-state index in [0.29, 0.717) is 25.6 Å². The Labute approximate surface area is 134 Å². The topological polar surface area (TPSA) is 61.8 Å². The van der Waals surface area contributed by atoms with Crippen molar-refractivity contribution in [1.82, 2.24) is 0 Å². The normalized spacial score (nSPS) is 13.5. The summed E-state index contributed by atoms with van der Waals surface area (Å²) < 4.78 is 15.3. The smallest absolute Gasteiger partial charge is 0.306 e. The molecule has 0 spiro atoms. The molecule has 130 valence electrons. The number of hydrogen-bond acceptors (Lipinski definition) is 5. The molecule has 5 heteroatoms. The van der Waals surface area contributed by atoms with E-state index in [-0.39, 0.29) is 30.9 Å². The quantitative estimate of drug-likeness (QED) is 0.487. The fraction of sp³-hybridized carbons (Fsp3) is 0.882. The highest BCUT2D eigenvalue weighted by Crippen LogP contribution is 2.13. The molecule has 0 aliphatic carbocycles. The summed E-state index contributed by atoms with van der Waals surface area (Å²) >= 11 is 0. The van der Waals surface area contributed by atoms with Gasteiger partial charge in [-0.1, -0.05) is 33.1 Å². The van der Waals surface area contributed by atoms with E-state index in [0.717, 1.165) is 25.7 Å². The highest BCUT2D eigenvalue weighted by molar-refractivity contribution is 5.77. The molecule has 2 unspecified atom stereocenters. The van der Waals surface area contributed by atoms with E-state index in [4.69, 9.17) is 14.2 Å². The summed E-state index contributed by atoms with van der Waals surface area (Å²) in [6, 6.07) is 0. The lowest BCUT2D eigenvalue weighted by atomic mass is 10.0. The van der Waals surface area contributed by atoms with Gasteiger partial charge in [-0.25, -0.2) is 0 Å². The van der Waals surface area contributed by atoms with Crippen molar-refractivity contribution >= 4 is 11.9 Å². The van der Waals surface area contributed by atoms with Crippen molar-refractivity contribution in [3.63, 3.8) is 0 Å². The zero-order valence-electron chi connectivity index (χ0n) is 14.6. The predicted molar refractivity (Wildman–Crippen MR) is 85.5 cm³/mol. The van der Waals surface area contributed by atoms with Crippen LogP contribution in [0.1, 0.15) is 65.7 Å². The molecule has 2 atom stereocenters. The summed E-state index contributed by atoms with van der Waals surface area (Å²) in [5.41, 5.74) is 0. The van der Waals surface area contributed by atoms with E-state index < -0.39 is 0 Å². The van der Waals surface area contributed by atoms with Crippen molar-refractivity contribution in [2.24, 2.45) is 5.92 Å². The van der Waals surface area contributed by atoms with Crippen molar-refractivity contribution < 1.29 is 23.8 Å². The lowest BCUT2D eigenvalue weighted by Crippen LogP contribution is -2.16. The Bertz CT molecular complexity index is 303. The average Bonchev–Trinajstić information content (AvgIpc) is 2.52. The highest BCUT2D eigenvalue weighted by atomic mass is 16.5. The van der Waals surface area contributed by atoms with Crippen LogP contribution >= 0.6 is 0 Å². The third-order valence-corrected chi connectivity index (χ3v) is 3.75. The molecule has 22 heavy (non-hydrogen) atoms. The van der Waals surface area contributed by atoms with Crippen LogP contribution in [-0.4, -0.2) is 38.4 Å². The molecule has 0 radical (unpaired) electrons. The molecule has 0 saturated heterocycles. The van der Waals surface area contributed by atoms with Crippen LogP contribution in [0.15, 0.2) is 0 Å². The minimum absolute atomic E-state index is 0.0619. The largest absolute Gasteiger partial charge is 0.466 e. The number of ether oxygens (including phenoxy) is 3. The zero-order chi connectivity index (χ0) is 16.8. The average molecular weight is 316 g/mol. The molecule has 0 rings (SSSR count). The Morgan fingerprint density at radius 1 is 1.00 bits per heavy atom. The maximum Gasteiger partial charge on any atom is 0.306 e. The minimum Gasteiger partial charge on any atom is -0.466 e. The van der Waals surface area contributed by atoms with Gasteiger partial charge in [0.15, 0.2) is 0 Å². The standard InChI is InChI=1S/C17H32O5/c1-5-7-8-15(6-2)13-22-17(19)10-9-16(18)21-12-11-14(3)20-4/h14-15H,5-13H2,1-4H3. The molecule has 0 amide bonds. The first-order chi connectivity index (χ1) is 10.5. The molecule has 0 aliphatic heterocycles. The van der Waals surface area contributed by atoms with E-state index in [9.17, 15) is 9.59 Å². The van der Waals surface area contributed by atoms with Gasteiger partial charge in [0, 0.05) is 13.5 Å². The van der Waals surface area contributed by atoms with Gasteiger partial charge < -0.3 is 14.2 Å².